The van der Waals surface area contributed by atoms with Crippen molar-refractivity contribution in [2.24, 2.45) is 0 Å². The Kier molecular flexibility index (Phi) is 3.88. The summed E-state index contributed by atoms with van der Waals surface area (Å²) in [7, 11) is 0. The molecule has 0 fully saturated rings. The number of carboxylic acids is 1. The fourth-order valence-electron chi connectivity index (χ4n) is 1.90. The monoisotopic (exact) mass is 290 g/mol. The molecule has 0 saturated heterocycles. The molecule has 2 aromatic rings. The van der Waals surface area contributed by atoms with E-state index in [9.17, 15) is 9.59 Å². The summed E-state index contributed by atoms with van der Waals surface area (Å²) >= 11 is 0. The number of aromatic amines is 1. The van der Waals surface area contributed by atoms with E-state index in [1.165, 1.54) is 0 Å². The van der Waals surface area contributed by atoms with Crippen LogP contribution in [0.25, 0.3) is 10.9 Å². The highest BCUT2D eigenvalue weighted by atomic mass is 16.6. The summed E-state index contributed by atoms with van der Waals surface area (Å²) in [6, 6.07) is 9.19. The third-order valence-corrected chi connectivity index (χ3v) is 2.71. The molecular weight excluding hydrogens is 272 g/mol. The Morgan fingerprint density at radius 3 is 2.52 bits per heavy atom. The van der Waals surface area contributed by atoms with E-state index in [2.05, 4.69) is 4.98 Å². The maximum Gasteiger partial charge on any atom is 0.416 e. The molecule has 0 unspecified atom stereocenters. The number of carbonyl (C=O) groups excluding carboxylic acids is 1. The van der Waals surface area contributed by atoms with Crippen molar-refractivity contribution >= 4 is 28.8 Å². The molecule has 0 radical (unpaired) electrons. The average Bonchev–Trinajstić information content (AvgIpc) is 2.76. The Hall–Kier alpha value is -2.50. The van der Waals surface area contributed by atoms with Crippen LogP contribution in [0.2, 0.25) is 0 Å². The van der Waals surface area contributed by atoms with Crippen molar-refractivity contribution in [3.8, 4) is 0 Å². The molecule has 1 aromatic carbocycles. The van der Waals surface area contributed by atoms with Gasteiger partial charge >= 0.3 is 12.1 Å². The van der Waals surface area contributed by atoms with Crippen LogP contribution in [0.3, 0.4) is 0 Å². The molecule has 21 heavy (non-hydrogen) atoms. The Balaban J connectivity index is 2.35. The van der Waals surface area contributed by atoms with Crippen LogP contribution >= 0.6 is 0 Å². The van der Waals surface area contributed by atoms with Crippen molar-refractivity contribution < 1.29 is 19.4 Å². The molecule has 0 aliphatic heterocycles. The second-order valence-electron chi connectivity index (χ2n) is 5.70. The maximum absolute atomic E-state index is 12.2. The summed E-state index contributed by atoms with van der Waals surface area (Å²) < 4.78 is 5.25. The zero-order valence-electron chi connectivity index (χ0n) is 12.2. The lowest BCUT2D eigenvalue weighted by atomic mass is 10.2. The highest BCUT2D eigenvalue weighted by molar-refractivity contribution is 5.95. The standard InChI is InChI=1S/C15H18N2O4/c1-15(2,3)21-14(20)17(9-13(18)19)12-8-10-6-4-5-7-11(10)16-12/h4-8,16H,9H2,1-3H3,(H,18,19). The zero-order valence-corrected chi connectivity index (χ0v) is 12.2. The van der Waals surface area contributed by atoms with Crippen LogP contribution < -0.4 is 4.90 Å². The third-order valence-electron chi connectivity index (χ3n) is 2.71. The lowest BCUT2D eigenvalue weighted by Gasteiger charge is -2.25. The molecule has 1 amide bonds. The molecular formula is C15H18N2O4. The minimum Gasteiger partial charge on any atom is -0.480 e. The lowest BCUT2D eigenvalue weighted by Crippen LogP contribution is -2.40. The summed E-state index contributed by atoms with van der Waals surface area (Å²) in [6.07, 6.45) is -0.698. The first-order chi connectivity index (χ1) is 9.76. The van der Waals surface area contributed by atoms with E-state index >= 15 is 0 Å². The largest absolute Gasteiger partial charge is 0.480 e. The Morgan fingerprint density at radius 2 is 1.95 bits per heavy atom. The maximum atomic E-state index is 12.2. The number of carbonyl (C=O) groups is 2. The summed E-state index contributed by atoms with van der Waals surface area (Å²) in [5.74, 6) is -0.715. The van der Waals surface area contributed by atoms with Gasteiger partial charge in [-0.05, 0) is 32.9 Å². The van der Waals surface area contributed by atoms with Crippen LogP contribution in [0.15, 0.2) is 30.3 Å². The third kappa shape index (κ3) is 3.75. The smallest absolute Gasteiger partial charge is 0.416 e. The van der Waals surface area contributed by atoms with Gasteiger partial charge in [-0.15, -0.1) is 0 Å². The van der Waals surface area contributed by atoms with Gasteiger partial charge in [0.15, 0.2) is 0 Å². The first kappa shape index (κ1) is 14.9. The first-order valence-corrected chi connectivity index (χ1v) is 6.56. The number of ether oxygens (including phenoxy) is 1. The van der Waals surface area contributed by atoms with Crippen LogP contribution in [-0.2, 0) is 9.53 Å². The van der Waals surface area contributed by atoms with Gasteiger partial charge in [0, 0.05) is 10.9 Å². The highest BCUT2D eigenvalue weighted by Crippen LogP contribution is 2.23. The van der Waals surface area contributed by atoms with Gasteiger partial charge in [-0.3, -0.25) is 9.69 Å². The lowest BCUT2D eigenvalue weighted by molar-refractivity contribution is -0.135. The number of benzene rings is 1. The summed E-state index contributed by atoms with van der Waals surface area (Å²) in [6.45, 7) is 4.72. The van der Waals surface area contributed by atoms with Crippen molar-refractivity contribution in [2.75, 3.05) is 11.4 Å². The number of rotatable bonds is 3. The molecule has 0 spiro atoms. The molecule has 0 aliphatic carbocycles. The number of carboxylic acid groups (broad SMARTS) is 1. The molecule has 0 bridgehead atoms. The van der Waals surface area contributed by atoms with Gasteiger partial charge in [0.1, 0.15) is 18.0 Å². The van der Waals surface area contributed by atoms with Crippen LogP contribution in [0.5, 0.6) is 0 Å². The minimum absolute atomic E-state index is 0.396. The Morgan fingerprint density at radius 1 is 1.29 bits per heavy atom. The van der Waals surface area contributed by atoms with Crippen molar-refractivity contribution in [1.29, 1.82) is 0 Å². The number of anilines is 1. The van der Waals surface area contributed by atoms with E-state index in [0.29, 0.717) is 5.82 Å². The van der Waals surface area contributed by atoms with Gasteiger partial charge in [-0.1, -0.05) is 18.2 Å². The summed E-state index contributed by atoms with van der Waals surface area (Å²) in [5, 5.41) is 9.90. The topological polar surface area (TPSA) is 82.6 Å². The quantitative estimate of drug-likeness (QED) is 0.910. The van der Waals surface area contributed by atoms with Gasteiger partial charge in [0.2, 0.25) is 0 Å². The Labute approximate surface area is 122 Å². The van der Waals surface area contributed by atoms with Gasteiger partial charge < -0.3 is 14.8 Å². The first-order valence-electron chi connectivity index (χ1n) is 6.56. The van der Waals surface area contributed by atoms with Gasteiger partial charge in [-0.2, -0.15) is 0 Å². The molecule has 0 saturated carbocycles. The van der Waals surface area contributed by atoms with Crippen LogP contribution in [0.1, 0.15) is 20.8 Å². The van der Waals surface area contributed by atoms with E-state index in [-0.39, 0.29) is 0 Å². The molecule has 6 nitrogen and oxygen atoms in total. The number of aliphatic carboxylic acids is 1. The number of fused-ring (bicyclic) bond motifs is 1. The van der Waals surface area contributed by atoms with Crippen molar-refractivity contribution in [3.63, 3.8) is 0 Å². The van der Waals surface area contributed by atoms with Crippen LogP contribution in [0, 0.1) is 0 Å². The summed E-state index contributed by atoms with van der Waals surface area (Å²) in [4.78, 5) is 27.3. The normalized spacial score (nSPS) is 11.4. The van der Waals surface area contributed by atoms with E-state index in [0.717, 1.165) is 15.8 Å². The molecule has 0 aliphatic rings. The molecule has 1 heterocycles. The fraction of sp³-hybridized carbons (Fsp3) is 0.333. The number of para-hydroxylation sites is 1. The number of hydrogen-bond acceptors (Lipinski definition) is 3. The summed E-state index contributed by atoms with van der Waals surface area (Å²) in [5.41, 5.74) is 0.131. The molecule has 2 N–H and O–H groups in total. The predicted octanol–water partition coefficient (Wildman–Crippen LogP) is 2.99. The second-order valence-corrected chi connectivity index (χ2v) is 5.70. The number of amides is 1. The number of aromatic nitrogens is 1. The number of H-pyrrole nitrogens is 1. The van der Waals surface area contributed by atoms with E-state index < -0.39 is 24.2 Å². The number of nitrogens with one attached hydrogen (secondary N) is 1. The van der Waals surface area contributed by atoms with Gasteiger partial charge in [0.25, 0.3) is 0 Å². The molecule has 112 valence electrons. The van der Waals surface area contributed by atoms with Crippen molar-refractivity contribution in [3.05, 3.63) is 30.3 Å². The molecule has 2 rings (SSSR count). The number of hydrogen-bond donors (Lipinski definition) is 2. The van der Waals surface area contributed by atoms with Crippen LogP contribution in [-0.4, -0.2) is 34.3 Å². The van der Waals surface area contributed by atoms with Crippen LogP contribution in [0.4, 0.5) is 10.6 Å². The van der Waals surface area contributed by atoms with E-state index in [4.69, 9.17) is 9.84 Å². The van der Waals surface area contributed by atoms with Crippen molar-refractivity contribution in [2.45, 2.75) is 26.4 Å². The zero-order chi connectivity index (χ0) is 15.6. The predicted molar refractivity (Wildman–Crippen MR) is 79.5 cm³/mol. The molecule has 0 atom stereocenters. The van der Waals surface area contributed by atoms with E-state index in [1.807, 2.05) is 24.3 Å². The van der Waals surface area contributed by atoms with Gasteiger partial charge in [0.05, 0.1) is 0 Å². The fourth-order valence-corrected chi connectivity index (χ4v) is 1.90. The number of nitrogens with zero attached hydrogens (tertiary/aromatic N) is 1. The SMILES string of the molecule is CC(C)(C)OC(=O)N(CC(=O)O)c1cc2ccccc2[nH]1. The second kappa shape index (κ2) is 5.47. The molecule has 1 aromatic heterocycles. The molecule has 6 heteroatoms. The average molecular weight is 290 g/mol. The van der Waals surface area contributed by atoms with Crippen molar-refractivity contribution in [1.82, 2.24) is 4.98 Å². The Bertz CT molecular complexity index is 637. The van der Waals surface area contributed by atoms with Gasteiger partial charge in [-0.25, -0.2) is 4.79 Å². The van der Waals surface area contributed by atoms with E-state index in [1.54, 1.807) is 26.8 Å². The highest BCUT2D eigenvalue weighted by Gasteiger charge is 2.26. The minimum atomic E-state index is -1.11.